The van der Waals surface area contributed by atoms with Crippen molar-refractivity contribution in [3.63, 3.8) is 0 Å². The normalized spacial score (nSPS) is 18.4. The zero-order valence-electron chi connectivity index (χ0n) is 18.5. The van der Waals surface area contributed by atoms with Gasteiger partial charge in [-0.25, -0.2) is 0 Å². The Hall–Kier alpha value is -2.51. The number of thioether (sulfide) groups is 1. The number of hydrogen-bond acceptors (Lipinski definition) is 5. The fraction of sp³-hybridized carbons (Fsp3) is 0.400. The summed E-state index contributed by atoms with van der Waals surface area (Å²) in [6, 6.07) is 16.3. The molecule has 2 aliphatic rings. The zero-order valence-corrected chi connectivity index (χ0v) is 20.1. The van der Waals surface area contributed by atoms with Gasteiger partial charge in [0.2, 0.25) is 5.91 Å². The SMILES string of the molecule is C[C@@H](Sc1nnc(COc2ccccc2Cl)n1C1CC1)C(=O)N[C@H]1CCCc2ccccc21. The van der Waals surface area contributed by atoms with Crippen LogP contribution in [-0.4, -0.2) is 25.9 Å². The number of hydrogen-bond donors (Lipinski definition) is 1. The number of amides is 1. The minimum absolute atomic E-state index is 0.0286. The van der Waals surface area contributed by atoms with Crippen LogP contribution in [0.4, 0.5) is 0 Å². The summed E-state index contributed by atoms with van der Waals surface area (Å²) in [5.74, 6) is 1.41. The van der Waals surface area contributed by atoms with Crippen molar-refractivity contribution in [2.75, 3.05) is 0 Å². The lowest BCUT2D eigenvalue weighted by atomic mass is 9.88. The molecule has 0 saturated heterocycles. The molecule has 0 spiro atoms. The van der Waals surface area contributed by atoms with Gasteiger partial charge in [0, 0.05) is 6.04 Å². The van der Waals surface area contributed by atoms with E-state index in [1.54, 1.807) is 6.07 Å². The van der Waals surface area contributed by atoms with E-state index in [9.17, 15) is 4.79 Å². The molecular weight excluding hydrogens is 456 g/mol. The number of carbonyl (C=O) groups excluding carboxylic acids is 1. The maximum Gasteiger partial charge on any atom is 0.233 e. The molecule has 1 aromatic heterocycles. The number of para-hydroxylation sites is 1. The molecule has 1 amide bonds. The van der Waals surface area contributed by atoms with Gasteiger partial charge < -0.3 is 10.1 Å². The highest BCUT2D eigenvalue weighted by atomic mass is 35.5. The van der Waals surface area contributed by atoms with Crippen LogP contribution in [0.25, 0.3) is 0 Å². The molecule has 2 aromatic carbocycles. The third kappa shape index (κ3) is 5.04. The lowest BCUT2D eigenvalue weighted by Crippen LogP contribution is -2.36. The molecule has 1 fully saturated rings. The van der Waals surface area contributed by atoms with Crippen molar-refractivity contribution < 1.29 is 9.53 Å². The number of ether oxygens (including phenoxy) is 1. The number of aromatic nitrogens is 3. The molecule has 5 rings (SSSR count). The number of fused-ring (bicyclic) bond motifs is 1. The minimum Gasteiger partial charge on any atom is -0.484 e. The minimum atomic E-state index is -0.280. The van der Waals surface area contributed by atoms with Gasteiger partial charge in [-0.2, -0.15) is 0 Å². The van der Waals surface area contributed by atoms with E-state index in [0.717, 1.165) is 43.1 Å². The van der Waals surface area contributed by atoms with Crippen LogP contribution >= 0.6 is 23.4 Å². The molecule has 2 atom stereocenters. The second-order valence-corrected chi connectivity index (χ2v) is 10.3. The van der Waals surface area contributed by atoms with Crippen LogP contribution in [0.15, 0.2) is 53.7 Å². The first-order chi connectivity index (χ1) is 16.1. The Labute approximate surface area is 203 Å². The smallest absolute Gasteiger partial charge is 0.233 e. The second kappa shape index (κ2) is 9.77. The van der Waals surface area contributed by atoms with Crippen molar-refractivity contribution in [1.29, 1.82) is 0 Å². The van der Waals surface area contributed by atoms with E-state index in [2.05, 4.69) is 38.3 Å². The standard InChI is InChI=1S/C25H27ClN4O2S/c1-16(24(31)27-21-11-6-8-17-7-2-3-9-19(17)21)33-25-29-28-23(30(25)18-13-14-18)15-32-22-12-5-4-10-20(22)26/h2-5,7,9-10,12,16,18,21H,6,8,11,13-15H2,1H3,(H,27,31)/t16-,21+/m1/s1. The molecule has 8 heteroatoms. The number of nitrogens with zero attached hydrogens (tertiary/aromatic N) is 3. The Balaban J connectivity index is 1.25. The predicted molar refractivity (Wildman–Crippen MR) is 130 cm³/mol. The summed E-state index contributed by atoms with van der Waals surface area (Å²) >= 11 is 7.67. The highest BCUT2D eigenvalue weighted by molar-refractivity contribution is 8.00. The van der Waals surface area contributed by atoms with Crippen LogP contribution in [0.3, 0.4) is 0 Å². The van der Waals surface area contributed by atoms with Crippen LogP contribution in [0.1, 0.15) is 61.6 Å². The Morgan fingerprint density at radius 1 is 1.18 bits per heavy atom. The monoisotopic (exact) mass is 482 g/mol. The van der Waals surface area contributed by atoms with Crippen LogP contribution in [0.5, 0.6) is 5.75 Å². The molecular formula is C25H27ClN4O2S. The molecule has 0 radical (unpaired) electrons. The molecule has 172 valence electrons. The van der Waals surface area contributed by atoms with Gasteiger partial charge in [0.25, 0.3) is 0 Å². The maximum atomic E-state index is 13.0. The van der Waals surface area contributed by atoms with Crippen molar-refractivity contribution in [2.24, 2.45) is 0 Å². The number of rotatable bonds is 8. The highest BCUT2D eigenvalue weighted by Crippen LogP contribution is 2.40. The summed E-state index contributed by atoms with van der Waals surface area (Å²) in [6.07, 6.45) is 5.32. The number of aryl methyl sites for hydroxylation is 1. The van der Waals surface area contributed by atoms with Gasteiger partial charge in [0.05, 0.1) is 16.3 Å². The quantitative estimate of drug-likeness (QED) is 0.428. The van der Waals surface area contributed by atoms with Gasteiger partial charge >= 0.3 is 0 Å². The lowest BCUT2D eigenvalue weighted by Gasteiger charge is -2.27. The van der Waals surface area contributed by atoms with E-state index in [-0.39, 0.29) is 23.8 Å². The summed E-state index contributed by atoms with van der Waals surface area (Å²) in [5, 5.41) is 13.1. The number of nitrogens with one attached hydrogen (secondary N) is 1. The van der Waals surface area contributed by atoms with Crippen molar-refractivity contribution in [1.82, 2.24) is 20.1 Å². The van der Waals surface area contributed by atoms with E-state index in [0.29, 0.717) is 16.8 Å². The third-order valence-corrected chi connectivity index (χ3v) is 7.55. The van der Waals surface area contributed by atoms with Gasteiger partial charge in [0.15, 0.2) is 11.0 Å². The fourth-order valence-electron chi connectivity index (χ4n) is 4.29. The van der Waals surface area contributed by atoms with Crippen molar-refractivity contribution >= 4 is 29.3 Å². The predicted octanol–water partition coefficient (Wildman–Crippen LogP) is 5.52. The van der Waals surface area contributed by atoms with E-state index in [1.165, 1.54) is 22.9 Å². The molecule has 33 heavy (non-hydrogen) atoms. The summed E-state index contributed by atoms with van der Waals surface area (Å²) < 4.78 is 8.02. The lowest BCUT2D eigenvalue weighted by molar-refractivity contribution is -0.121. The largest absolute Gasteiger partial charge is 0.484 e. The Morgan fingerprint density at radius 2 is 1.97 bits per heavy atom. The first kappa shape index (κ1) is 22.3. The first-order valence-corrected chi connectivity index (χ1v) is 12.7. The second-order valence-electron chi connectivity index (χ2n) is 8.63. The summed E-state index contributed by atoms with van der Waals surface area (Å²) in [7, 11) is 0. The number of benzene rings is 2. The molecule has 2 aliphatic carbocycles. The van der Waals surface area contributed by atoms with E-state index in [1.807, 2.05) is 31.2 Å². The first-order valence-electron chi connectivity index (χ1n) is 11.5. The van der Waals surface area contributed by atoms with Crippen LogP contribution in [0, 0.1) is 0 Å². The maximum absolute atomic E-state index is 13.0. The van der Waals surface area contributed by atoms with Gasteiger partial charge in [-0.05, 0) is 62.3 Å². The summed E-state index contributed by atoms with van der Waals surface area (Å²) in [4.78, 5) is 13.0. The molecule has 0 unspecified atom stereocenters. The van der Waals surface area contributed by atoms with E-state index in [4.69, 9.17) is 16.3 Å². The van der Waals surface area contributed by atoms with Crippen molar-refractivity contribution in [3.8, 4) is 5.75 Å². The Morgan fingerprint density at radius 3 is 2.79 bits per heavy atom. The van der Waals surface area contributed by atoms with Crippen LogP contribution in [0.2, 0.25) is 5.02 Å². The van der Waals surface area contributed by atoms with Gasteiger partial charge in [0.1, 0.15) is 12.4 Å². The molecule has 0 bridgehead atoms. The van der Waals surface area contributed by atoms with E-state index < -0.39 is 0 Å². The number of carbonyl (C=O) groups is 1. The molecule has 6 nitrogen and oxygen atoms in total. The van der Waals surface area contributed by atoms with Crippen LogP contribution in [-0.2, 0) is 17.8 Å². The third-order valence-electron chi connectivity index (χ3n) is 6.18. The van der Waals surface area contributed by atoms with Crippen molar-refractivity contribution in [2.45, 2.75) is 68.1 Å². The highest BCUT2D eigenvalue weighted by Gasteiger charge is 2.32. The summed E-state index contributed by atoms with van der Waals surface area (Å²) in [5.41, 5.74) is 2.58. The Kier molecular flexibility index (Phi) is 6.60. The zero-order chi connectivity index (χ0) is 22.8. The molecule has 1 saturated carbocycles. The fourth-order valence-corrected chi connectivity index (χ4v) is 5.43. The topological polar surface area (TPSA) is 69.0 Å². The van der Waals surface area contributed by atoms with E-state index >= 15 is 0 Å². The Bertz CT molecular complexity index is 1150. The van der Waals surface area contributed by atoms with Gasteiger partial charge in [-0.1, -0.05) is 59.8 Å². The van der Waals surface area contributed by atoms with Gasteiger partial charge in [-0.15, -0.1) is 10.2 Å². The summed E-state index contributed by atoms with van der Waals surface area (Å²) in [6.45, 7) is 2.22. The molecule has 1 heterocycles. The van der Waals surface area contributed by atoms with Crippen LogP contribution < -0.4 is 10.1 Å². The van der Waals surface area contributed by atoms with Gasteiger partial charge in [-0.3, -0.25) is 9.36 Å². The molecule has 0 aliphatic heterocycles. The van der Waals surface area contributed by atoms with Crippen molar-refractivity contribution in [3.05, 3.63) is 70.5 Å². The molecule has 3 aromatic rings. The number of halogens is 1. The average Bonchev–Trinajstić information content (AvgIpc) is 3.59. The molecule has 1 N–H and O–H groups in total. The average molecular weight is 483 g/mol.